The Hall–Kier alpha value is -1.95. The van der Waals surface area contributed by atoms with Gasteiger partial charge in [-0.05, 0) is 38.3 Å². The van der Waals surface area contributed by atoms with Gasteiger partial charge in [0.15, 0.2) is 0 Å². The van der Waals surface area contributed by atoms with Crippen LogP contribution in [0.3, 0.4) is 0 Å². The highest BCUT2D eigenvalue weighted by Crippen LogP contribution is 2.38. The number of amides is 1. The number of carbonyl (C=O) groups excluding carboxylic acids is 1. The molecule has 1 aliphatic carbocycles. The lowest BCUT2D eigenvalue weighted by Crippen LogP contribution is -2.40. The summed E-state index contributed by atoms with van der Waals surface area (Å²) >= 11 is 0. The number of anilines is 1. The van der Waals surface area contributed by atoms with Gasteiger partial charge in [0.25, 0.3) is 5.69 Å². The van der Waals surface area contributed by atoms with Crippen LogP contribution in [-0.2, 0) is 4.79 Å². The quantitative estimate of drug-likeness (QED) is 0.658. The molecule has 1 saturated carbocycles. The zero-order valence-electron chi connectivity index (χ0n) is 12.4. The topological polar surface area (TPSA) is 98.3 Å². The molecule has 6 nitrogen and oxygen atoms in total. The molecule has 0 saturated heterocycles. The highest BCUT2D eigenvalue weighted by Gasteiger charge is 2.40. The summed E-state index contributed by atoms with van der Waals surface area (Å²) in [5.41, 5.74) is 7.19. The first-order valence-corrected chi connectivity index (χ1v) is 7.17. The molecule has 21 heavy (non-hydrogen) atoms. The van der Waals surface area contributed by atoms with E-state index >= 15 is 0 Å². The normalized spacial score (nSPS) is 16.7. The van der Waals surface area contributed by atoms with Gasteiger partial charge in [-0.25, -0.2) is 0 Å². The fraction of sp³-hybridized carbons (Fsp3) is 0.533. The van der Waals surface area contributed by atoms with Gasteiger partial charge >= 0.3 is 0 Å². The fourth-order valence-corrected chi connectivity index (χ4v) is 3.00. The number of aryl methyl sites for hydroxylation is 2. The van der Waals surface area contributed by atoms with Gasteiger partial charge in [-0.1, -0.05) is 12.8 Å². The average molecular weight is 291 g/mol. The Balaban J connectivity index is 2.29. The van der Waals surface area contributed by atoms with E-state index in [9.17, 15) is 14.9 Å². The Morgan fingerprint density at radius 2 is 1.95 bits per heavy atom. The van der Waals surface area contributed by atoms with Crippen molar-refractivity contribution in [3.05, 3.63) is 33.4 Å². The number of nitro benzene ring substituents is 1. The van der Waals surface area contributed by atoms with E-state index in [2.05, 4.69) is 5.32 Å². The monoisotopic (exact) mass is 291 g/mol. The molecule has 2 rings (SSSR count). The van der Waals surface area contributed by atoms with E-state index in [4.69, 9.17) is 5.73 Å². The minimum atomic E-state index is -0.522. The summed E-state index contributed by atoms with van der Waals surface area (Å²) in [5, 5.41) is 13.9. The largest absolute Gasteiger partial charge is 0.329 e. The van der Waals surface area contributed by atoms with Crippen molar-refractivity contribution in [2.75, 3.05) is 11.9 Å². The molecule has 0 bridgehead atoms. The Morgan fingerprint density at radius 1 is 1.33 bits per heavy atom. The van der Waals surface area contributed by atoms with E-state index in [-0.39, 0.29) is 11.6 Å². The molecule has 0 radical (unpaired) electrons. The van der Waals surface area contributed by atoms with Crippen LogP contribution < -0.4 is 11.1 Å². The van der Waals surface area contributed by atoms with Gasteiger partial charge in [0, 0.05) is 18.2 Å². The maximum absolute atomic E-state index is 12.5. The first-order chi connectivity index (χ1) is 9.89. The van der Waals surface area contributed by atoms with Gasteiger partial charge in [-0.2, -0.15) is 0 Å². The molecule has 1 amide bonds. The third-order valence-electron chi connectivity index (χ3n) is 4.42. The second kappa shape index (κ2) is 5.81. The molecule has 6 heteroatoms. The van der Waals surface area contributed by atoms with Gasteiger partial charge < -0.3 is 11.1 Å². The molecule has 0 unspecified atom stereocenters. The highest BCUT2D eigenvalue weighted by atomic mass is 16.6. The Morgan fingerprint density at radius 3 is 2.48 bits per heavy atom. The first-order valence-electron chi connectivity index (χ1n) is 7.17. The number of carbonyl (C=O) groups is 1. The number of nitrogens with zero attached hydrogens (tertiary/aromatic N) is 1. The number of rotatable bonds is 4. The minimum absolute atomic E-state index is 0.0177. The van der Waals surface area contributed by atoms with Crippen LogP contribution in [0.25, 0.3) is 0 Å². The van der Waals surface area contributed by atoms with Crippen LogP contribution in [0, 0.1) is 29.4 Å². The van der Waals surface area contributed by atoms with Gasteiger partial charge in [0.2, 0.25) is 5.91 Å². The van der Waals surface area contributed by atoms with E-state index < -0.39 is 10.3 Å². The van der Waals surface area contributed by atoms with Crippen LogP contribution in [0.15, 0.2) is 12.1 Å². The van der Waals surface area contributed by atoms with Crippen molar-refractivity contribution >= 4 is 17.3 Å². The first kappa shape index (κ1) is 15.4. The number of hydrogen-bond acceptors (Lipinski definition) is 4. The van der Waals surface area contributed by atoms with Crippen LogP contribution in [0.4, 0.5) is 11.4 Å². The SMILES string of the molecule is Cc1cc(C)c([N+](=O)[O-])cc1NC(=O)C1(CN)CCCC1. The van der Waals surface area contributed by atoms with Gasteiger partial charge in [-0.15, -0.1) is 0 Å². The predicted octanol–water partition coefficient (Wildman–Crippen LogP) is 2.67. The summed E-state index contributed by atoms with van der Waals surface area (Å²) in [7, 11) is 0. The Kier molecular flexibility index (Phi) is 4.27. The van der Waals surface area contributed by atoms with Crippen LogP contribution in [0.1, 0.15) is 36.8 Å². The summed E-state index contributed by atoms with van der Waals surface area (Å²) in [6, 6.07) is 3.15. The van der Waals surface area contributed by atoms with Gasteiger partial charge in [-0.3, -0.25) is 14.9 Å². The predicted molar refractivity (Wildman–Crippen MR) is 81.2 cm³/mol. The summed E-state index contributed by atoms with van der Waals surface area (Å²) in [6.45, 7) is 3.83. The summed E-state index contributed by atoms with van der Waals surface area (Å²) in [4.78, 5) is 23.1. The summed E-state index contributed by atoms with van der Waals surface area (Å²) in [5.74, 6) is -0.122. The maximum atomic E-state index is 12.5. The third kappa shape index (κ3) is 2.90. The van der Waals surface area contributed by atoms with Crippen LogP contribution in [0.2, 0.25) is 0 Å². The lowest BCUT2D eigenvalue weighted by molar-refractivity contribution is -0.385. The average Bonchev–Trinajstić information content (AvgIpc) is 2.91. The second-order valence-electron chi connectivity index (χ2n) is 5.86. The van der Waals surface area contributed by atoms with Crippen molar-refractivity contribution in [2.24, 2.45) is 11.1 Å². The van der Waals surface area contributed by atoms with Crippen LogP contribution in [0.5, 0.6) is 0 Å². The van der Waals surface area contributed by atoms with Crippen molar-refractivity contribution in [3.63, 3.8) is 0 Å². The fourth-order valence-electron chi connectivity index (χ4n) is 3.00. The summed E-state index contributed by atoms with van der Waals surface area (Å²) < 4.78 is 0. The molecule has 0 heterocycles. The Bertz CT molecular complexity index is 578. The lowest BCUT2D eigenvalue weighted by Gasteiger charge is -2.26. The molecule has 1 fully saturated rings. The molecule has 1 aromatic rings. The minimum Gasteiger partial charge on any atom is -0.329 e. The van der Waals surface area contributed by atoms with Crippen molar-refractivity contribution in [1.29, 1.82) is 0 Å². The third-order valence-corrected chi connectivity index (χ3v) is 4.42. The zero-order chi connectivity index (χ0) is 15.6. The Labute approximate surface area is 123 Å². The van der Waals surface area contributed by atoms with Crippen LogP contribution >= 0.6 is 0 Å². The van der Waals surface area contributed by atoms with Crippen molar-refractivity contribution in [3.8, 4) is 0 Å². The van der Waals surface area contributed by atoms with Crippen molar-refractivity contribution in [2.45, 2.75) is 39.5 Å². The van der Waals surface area contributed by atoms with E-state index in [0.29, 0.717) is 17.8 Å². The lowest BCUT2D eigenvalue weighted by atomic mass is 9.85. The van der Waals surface area contributed by atoms with Gasteiger partial charge in [0.1, 0.15) is 0 Å². The van der Waals surface area contributed by atoms with E-state index in [0.717, 1.165) is 31.2 Å². The van der Waals surface area contributed by atoms with E-state index in [1.165, 1.54) is 6.07 Å². The number of hydrogen-bond donors (Lipinski definition) is 2. The zero-order valence-corrected chi connectivity index (χ0v) is 12.4. The second-order valence-corrected chi connectivity index (χ2v) is 5.86. The van der Waals surface area contributed by atoms with Crippen molar-refractivity contribution in [1.82, 2.24) is 0 Å². The molecule has 114 valence electrons. The summed E-state index contributed by atoms with van der Waals surface area (Å²) in [6.07, 6.45) is 3.56. The molecular formula is C15H21N3O3. The molecule has 1 aromatic carbocycles. The molecule has 1 aliphatic rings. The van der Waals surface area contributed by atoms with Gasteiger partial charge in [0.05, 0.1) is 16.0 Å². The van der Waals surface area contributed by atoms with E-state index in [1.807, 2.05) is 6.92 Å². The van der Waals surface area contributed by atoms with Crippen molar-refractivity contribution < 1.29 is 9.72 Å². The number of benzene rings is 1. The number of nitro groups is 1. The molecule has 0 atom stereocenters. The molecular weight excluding hydrogens is 270 g/mol. The van der Waals surface area contributed by atoms with Crippen LogP contribution in [-0.4, -0.2) is 17.4 Å². The molecule has 0 aliphatic heterocycles. The highest BCUT2D eigenvalue weighted by molar-refractivity contribution is 5.96. The number of nitrogens with two attached hydrogens (primary N) is 1. The smallest absolute Gasteiger partial charge is 0.274 e. The molecule has 3 N–H and O–H groups in total. The van der Waals surface area contributed by atoms with E-state index in [1.54, 1.807) is 13.0 Å². The standard InChI is InChI=1S/C15H21N3O3/c1-10-7-11(2)13(18(20)21)8-12(10)17-14(19)15(9-16)5-3-4-6-15/h7-8H,3-6,9,16H2,1-2H3,(H,17,19). The maximum Gasteiger partial charge on any atom is 0.274 e. The molecule has 0 aromatic heterocycles. The molecule has 0 spiro atoms. The number of nitrogens with one attached hydrogen (secondary N) is 1.